The second kappa shape index (κ2) is 8.19. The van der Waals surface area contributed by atoms with E-state index in [-0.39, 0.29) is 0 Å². The Morgan fingerprint density at radius 3 is 2.24 bits per heavy atom. The van der Waals surface area contributed by atoms with Crippen LogP contribution in [0.2, 0.25) is 5.15 Å². The van der Waals surface area contributed by atoms with Crippen molar-refractivity contribution in [3.8, 4) is 22.4 Å². The second-order valence-electron chi connectivity index (χ2n) is 4.10. The van der Waals surface area contributed by atoms with Crippen LogP contribution in [0.25, 0.3) is 22.4 Å². The van der Waals surface area contributed by atoms with Crippen LogP contribution in [0.5, 0.6) is 0 Å². The van der Waals surface area contributed by atoms with Crippen LogP contribution >= 0.6 is 21.8 Å². The molecule has 0 atom stereocenters. The molecule has 4 heteroatoms. The number of halogens is 2. The van der Waals surface area contributed by atoms with Crippen LogP contribution in [0, 0.1) is 12.1 Å². The summed E-state index contributed by atoms with van der Waals surface area (Å²) < 4.78 is 0. The number of benzene rings is 2. The zero-order valence-corrected chi connectivity index (χ0v) is 13.3. The average Bonchev–Trinajstić information content (AvgIpc) is 2.58. The van der Waals surface area contributed by atoms with Gasteiger partial charge in [0, 0.05) is 5.69 Å². The summed E-state index contributed by atoms with van der Waals surface area (Å²) in [6.07, 6.45) is 0. The maximum atomic E-state index is 5.92. The van der Waals surface area contributed by atoms with Crippen LogP contribution in [0.3, 0.4) is 0 Å². The summed E-state index contributed by atoms with van der Waals surface area (Å²) in [5, 5.41) is 0.488. The van der Waals surface area contributed by atoms with Gasteiger partial charge in [-0.25, -0.2) is 5.56 Å². The summed E-state index contributed by atoms with van der Waals surface area (Å²) in [7, 11) is 4.26. The van der Waals surface area contributed by atoms with E-state index in [1.54, 1.807) is 6.07 Å². The molecule has 3 aromatic rings. The third kappa shape index (κ3) is 4.31. The number of hydrogen-bond donors (Lipinski definition) is 0. The predicted molar refractivity (Wildman–Crippen MR) is 83.6 cm³/mol. The zero-order valence-electron chi connectivity index (χ0n) is 10.8. The Hall–Kier alpha value is -1.34. The van der Waals surface area contributed by atoms with Gasteiger partial charge < -0.3 is 0 Å². The summed E-state index contributed by atoms with van der Waals surface area (Å²) in [5.41, 5.74) is 3.77. The maximum absolute atomic E-state index is 5.92. The van der Waals surface area contributed by atoms with E-state index in [1.807, 2.05) is 54.6 Å². The molecule has 3 rings (SSSR count). The first-order valence-electron chi connectivity index (χ1n) is 6.07. The van der Waals surface area contributed by atoms with Crippen molar-refractivity contribution in [2.75, 3.05) is 0 Å². The molecule has 1 heterocycles. The van der Waals surface area contributed by atoms with E-state index in [4.69, 9.17) is 11.6 Å². The Morgan fingerprint density at radius 1 is 0.810 bits per heavy atom. The van der Waals surface area contributed by atoms with Gasteiger partial charge in [0.2, 0.25) is 0 Å². The average molecular weight is 358 g/mol. The van der Waals surface area contributed by atoms with Gasteiger partial charge in [-0.1, -0.05) is 23.7 Å². The molecule has 0 aliphatic heterocycles. The molecule has 0 spiro atoms. The van der Waals surface area contributed by atoms with E-state index in [2.05, 4.69) is 41.9 Å². The molecule has 0 aliphatic carbocycles. The van der Waals surface area contributed by atoms with Crippen LogP contribution in [0.15, 0.2) is 60.7 Å². The summed E-state index contributed by atoms with van der Waals surface area (Å²) in [5.74, 6) is 0. The first kappa shape index (κ1) is 16.0. The fraction of sp³-hybridized carbons (Fsp3) is 0. The molecule has 0 amide bonds. The molecule has 0 saturated heterocycles. The van der Waals surface area contributed by atoms with Crippen LogP contribution in [0.1, 0.15) is 0 Å². The molecule has 1 aromatic heterocycles. The molecule has 2 aromatic carbocycles. The normalized spacial score (nSPS) is 9.71. The third-order valence-electron chi connectivity index (χ3n) is 2.79. The van der Waals surface area contributed by atoms with Gasteiger partial charge in [-0.2, -0.15) is 42.0 Å². The van der Waals surface area contributed by atoms with Crippen molar-refractivity contribution in [1.29, 1.82) is 0 Å². The fourth-order valence-corrected chi connectivity index (χ4v) is 2.06. The van der Waals surface area contributed by atoms with E-state index >= 15 is 0 Å². The number of rotatable bonds is 2. The molecular formula is C17H10Cl2NNi-2. The van der Waals surface area contributed by atoms with Crippen molar-refractivity contribution in [2.24, 2.45) is 0 Å². The van der Waals surface area contributed by atoms with Crippen LogP contribution < -0.4 is 0 Å². The van der Waals surface area contributed by atoms with E-state index in [1.165, 1.54) is 0 Å². The van der Waals surface area contributed by atoms with Gasteiger partial charge in [0.15, 0.2) is 0 Å². The Balaban J connectivity index is 0.000000774. The molecule has 21 heavy (non-hydrogen) atoms. The number of hydrogen-bond acceptors (Lipinski definition) is 1. The predicted octanol–water partition coefficient (Wildman–Crippen LogP) is 5.36. The minimum absolute atomic E-state index is 0.488. The fourth-order valence-electron chi connectivity index (χ4n) is 1.89. The van der Waals surface area contributed by atoms with E-state index < -0.39 is 0 Å². The molecule has 0 saturated carbocycles. The van der Waals surface area contributed by atoms with Gasteiger partial charge >= 0.3 is 24.8 Å². The molecule has 0 radical (unpaired) electrons. The standard InChI is InChI=1S/C17H10ClN.ClH.Ni/c18-17-11-5-10-16(19-17)15-9-4-8-14(12-15)13-6-2-1-3-7-13;;/h1-6,8-11H;1H;/q-2;;+1/p-1. The van der Waals surface area contributed by atoms with Crippen molar-refractivity contribution in [3.63, 3.8) is 0 Å². The van der Waals surface area contributed by atoms with E-state index in [0.29, 0.717) is 5.15 Å². The Kier molecular flexibility index (Phi) is 6.26. The number of pyridine rings is 1. The Morgan fingerprint density at radius 2 is 1.52 bits per heavy atom. The summed E-state index contributed by atoms with van der Waals surface area (Å²) >= 11 is 9.27. The summed E-state index contributed by atoms with van der Waals surface area (Å²) in [6, 6.07) is 26.0. The topological polar surface area (TPSA) is 12.9 Å². The summed E-state index contributed by atoms with van der Waals surface area (Å²) in [6.45, 7) is 0. The quantitative estimate of drug-likeness (QED) is 0.342. The van der Waals surface area contributed by atoms with Crippen LogP contribution in [-0.2, 0) is 14.6 Å². The van der Waals surface area contributed by atoms with Crippen LogP contribution in [0.4, 0.5) is 0 Å². The van der Waals surface area contributed by atoms with Crippen molar-refractivity contribution in [2.45, 2.75) is 0 Å². The van der Waals surface area contributed by atoms with Crippen molar-refractivity contribution in [1.82, 2.24) is 4.98 Å². The first-order valence-corrected chi connectivity index (χ1v) is 7.81. The third-order valence-corrected chi connectivity index (χ3v) is 3.00. The van der Waals surface area contributed by atoms with Gasteiger partial charge in [-0.15, -0.1) is 23.8 Å². The Bertz CT molecular complexity index is 702. The molecule has 0 bridgehead atoms. The van der Waals surface area contributed by atoms with Gasteiger partial charge in [-0.05, 0) is 6.07 Å². The molecule has 0 fully saturated rings. The van der Waals surface area contributed by atoms with E-state index in [0.717, 1.165) is 22.4 Å². The minimum atomic E-state index is 0.488. The first-order chi connectivity index (χ1) is 10.3. The van der Waals surface area contributed by atoms with Crippen LogP contribution in [-0.4, -0.2) is 4.98 Å². The van der Waals surface area contributed by atoms with Crippen molar-refractivity contribution < 1.29 is 14.6 Å². The summed E-state index contributed by atoms with van der Waals surface area (Å²) in [4.78, 5) is 4.30. The molecule has 0 unspecified atom stereocenters. The van der Waals surface area contributed by atoms with Gasteiger partial charge in [0.1, 0.15) is 5.15 Å². The second-order valence-corrected chi connectivity index (χ2v) is 4.49. The van der Waals surface area contributed by atoms with E-state index in [9.17, 15) is 0 Å². The SMILES string of the molecule is Clc1cccc(-c2[c-]c(-c3[c-]cccc3)ccc2)n1.[Cl][Ni]. The molecule has 0 aliphatic rings. The molecule has 0 N–H and O–H groups in total. The van der Waals surface area contributed by atoms with Crippen molar-refractivity contribution in [3.05, 3.63) is 77.9 Å². The molecule has 109 valence electrons. The van der Waals surface area contributed by atoms with Gasteiger partial charge in [0.05, 0.1) is 0 Å². The monoisotopic (exact) mass is 356 g/mol. The number of nitrogens with zero attached hydrogens (tertiary/aromatic N) is 1. The van der Waals surface area contributed by atoms with Gasteiger partial charge in [0.25, 0.3) is 0 Å². The molecule has 1 nitrogen and oxygen atoms in total. The van der Waals surface area contributed by atoms with Crippen molar-refractivity contribution >= 4 is 21.8 Å². The molecular weight excluding hydrogens is 348 g/mol. The van der Waals surface area contributed by atoms with Gasteiger partial charge in [-0.3, -0.25) is 4.98 Å². The zero-order chi connectivity index (χ0) is 15.1. The Labute approximate surface area is 141 Å². The number of aromatic nitrogens is 1.